The van der Waals surface area contributed by atoms with E-state index in [4.69, 9.17) is 16.3 Å². The first kappa shape index (κ1) is 19.5. The molecular weight excluding hydrogens is 400 g/mol. The Balaban J connectivity index is 1.83. The second kappa shape index (κ2) is 7.57. The van der Waals surface area contributed by atoms with Crippen LogP contribution in [0.1, 0.15) is 38.3 Å². The van der Waals surface area contributed by atoms with Gasteiger partial charge in [0.05, 0.1) is 24.9 Å². The maximum absolute atomic E-state index is 13.6. The molecule has 7 nitrogen and oxygen atoms in total. The van der Waals surface area contributed by atoms with Gasteiger partial charge in [-0.05, 0) is 43.5 Å². The highest BCUT2D eigenvalue weighted by atomic mass is 35.5. The normalized spacial score (nSPS) is 22.4. The van der Waals surface area contributed by atoms with E-state index in [9.17, 15) is 8.42 Å². The number of rotatable bonds is 4. The molecule has 28 heavy (non-hydrogen) atoms. The summed E-state index contributed by atoms with van der Waals surface area (Å²) in [5, 5.41) is 0.140. The van der Waals surface area contributed by atoms with Gasteiger partial charge in [-0.15, -0.1) is 0 Å². The number of anilines is 1. The molecule has 2 aromatic heterocycles. The molecule has 2 fully saturated rings. The van der Waals surface area contributed by atoms with Crippen molar-refractivity contribution in [3.8, 4) is 0 Å². The van der Waals surface area contributed by atoms with E-state index in [-0.39, 0.29) is 16.4 Å². The van der Waals surface area contributed by atoms with Crippen LogP contribution in [0.15, 0.2) is 35.5 Å². The molecule has 1 saturated heterocycles. The van der Waals surface area contributed by atoms with Crippen LogP contribution in [-0.4, -0.2) is 49.2 Å². The Kier molecular flexibility index (Phi) is 5.28. The minimum atomic E-state index is -3.73. The van der Waals surface area contributed by atoms with Gasteiger partial charge in [-0.3, -0.25) is 0 Å². The Bertz CT molecular complexity index is 949. The Morgan fingerprint density at radius 3 is 2.71 bits per heavy atom. The standard InChI is InChI=1S/C19H23ClN4O3S/c1-14-13-27-11-10-24(14)16-12-15(22-18(20)23-16)19(7-3-4-8-19)28(25,26)17-6-2-5-9-21-17/h2,5-6,9,12,14H,3-4,7-8,10-11,13H2,1H3/t14-/m0/s1. The van der Waals surface area contributed by atoms with E-state index >= 15 is 0 Å². The first-order chi connectivity index (χ1) is 13.4. The predicted octanol–water partition coefficient (Wildman–Crippen LogP) is 2.99. The van der Waals surface area contributed by atoms with Crippen molar-refractivity contribution in [3.05, 3.63) is 41.4 Å². The van der Waals surface area contributed by atoms with Crippen LogP contribution in [0.2, 0.25) is 5.28 Å². The van der Waals surface area contributed by atoms with Crippen molar-refractivity contribution < 1.29 is 13.2 Å². The summed E-state index contributed by atoms with van der Waals surface area (Å²) < 4.78 is 31.6. The zero-order chi connectivity index (χ0) is 19.8. The lowest BCUT2D eigenvalue weighted by atomic mass is 10.0. The molecule has 1 saturated carbocycles. The fourth-order valence-electron chi connectivity index (χ4n) is 4.17. The fraction of sp³-hybridized carbons (Fsp3) is 0.526. The summed E-state index contributed by atoms with van der Waals surface area (Å²) in [5.41, 5.74) is 0.462. The van der Waals surface area contributed by atoms with Crippen LogP contribution in [0.3, 0.4) is 0 Å². The van der Waals surface area contributed by atoms with Crippen LogP contribution in [0, 0.1) is 0 Å². The van der Waals surface area contributed by atoms with Crippen molar-refractivity contribution in [2.45, 2.75) is 48.4 Å². The van der Waals surface area contributed by atoms with Crippen molar-refractivity contribution in [1.29, 1.82) is 0 Å². The Labute approximate surface area is 170 Å². The smallest absolute Gasteiger partial charge is 0.224 e. The van der Waals surface area contributed by atoms with Gasteiger partial charge in [0.25, 0.3) is 0 Å². The molecule has 1 aliphatic carbocycles. The van der Waals surface area contributed by atoms with E-state index < -0.39 is 14.6 Å². The van der Waals surface area contributed by atoms with E-state index in [0.717, 1.165) is 12.8 Å². The number of aromatic nitrogens is 3. The number of halogens is 1. The molecular formula is C19H23ClN4O3S. The van der Waals surface area contributed by atoms with Crippen molar-refractivity contribution in [1.82, 2.24) is 15.0 Å². The second-order valence-corrected chi connectivity index (χ2v) is 9.92. The lowest BCUT2D eigenvalue weighted by Crippen LogP contribution is -2.44. The molecule has 0 unspecified atom stereocenters. The van der Waals surface area contributed by atoms with Gasteiger partial charge in [0.15, 0.2) is 5.03 Å². The van der Waals surface area contributed by atoms with Gasteiger partial charge >= 0.3 is 0 Å². The number of morpholine rings is 1. The number of pyridine rings is 1. The maximum atomic E-state index is 13.6. The number of hydrogen-bond donors (Lipinski definition) is 0. The summed E-state index contributed by atoms with van der Waals surface area (Å²) in [5.74, 6) is 0.647. The van der Waals surface area contributed by atoms with Crippen LogP contribution < -0.4 is 4.90 Å². The first-order valence-electron chi connectivity index (χ1n) is 9.49. The van der Waals surface area contributed by atoms with Crippen LogP contribution in [0.5, 0.6) is 0 Å². The zero-order valence-corrected chi connectivity index (χ0v) is 17.3. The molecule has 1 aliphatic heterocycles. The second-order valence-electron chi connectivity index (χ2n) is 7.37. The monoisotopic (exact) mass is 422 g/mol. The summed E-state index contributed by atoms with van der Waals surface area (Å²) in [4.78, 5) is 15.0. The number of nitrogens with zero attached hydrogens (tertiary/aromatic N) is 4. The first-order valence-corrected chi connectivity index (χ1v) is 11.4. The van der Waals surface area contributed by atoms with Crippen molar-refractivity contribution in [3.63, 3.8) is 0 Å². The third-order valence-electron chi connectivity index (χ3n) is 5.65. The van der Waals surface area contributed by atoms with Crippen LogP contribution in [-0.2, 0) is 19.3 Å². The number of hydrogen-bond acceptors (Lipinski definition) is 7. The minimum Gasteiger partial charge on any atom is -0.377 e. The van der Waals surface area contributed by atoms with Gasteiger partial charge in [-0.1, -0.05) is 18.9 Å². The van der Waals surface area contributed by atoms with E-state index in [0.29, 0.717) is 44.1 Å². The highest BCUT2D eigenvalue weighted by Gasteiger charge is 2.50. The third-order valence-corrected chi connectivity index (χ3v) is 8.26. The molecule has 0 aromatic carbocycles. The van der Waals surface area contributed by atoms with Crippen molar-refractivity contribution >= 4 is 27.3 Å². The van der Waals surface area contributed by atoms with E-state index in [1.807, 2.05) is 6.92 Å². The van der Waals surface area contributed by atoms with E-state index in [1.54, 1.807) is 24.3 Å². The van der Waals surface area contributed by atoms with Crippen LogP contribution in [0.25, 0.3) is 0 Å². The average Bonchev–Trinajstić information content (AvgIpc) is 3.20. The molecule has 0 amide bonds. The molecule has 0 spiro atoms. The van der Waals surface area contributed by atoms with Crippen molar-refractivity contribution in [2.24, 2.45) is 0 Å². The largest absolute Gasteiger partial charge is 0.377 e. The molecule has 0 N–H and O–H groups in total. The highest BCUT2D eigenvalue weighted by Crippen LogP contribution is 2.48. The summed E-state index contributed by atoms with van der Waals surface area (Å²) in [7, 11) is -3.73. The Morgan fingerprint density at radius 1 is 1.25 bits per heavy atom. The van der Waals surface area contributed by atoms with Gasteiger partial charge in [0, 0.05) is 18.8 Å². The summed E-state index contributed by atoms with van der Waals surface area (Å²) in [6.07, 6.45) is 4.13. The van der Waals surface area contributed by atoms with Gasteiger partial charge < -0.3 is 9.64 Å². The number of ether oxygens (including phenoxy) is 1. The molecule has 4 rings (SSSR count). The fourth-order valence-corrected chi connectivity index (χ4v) is 6.41. The minimum absolute atomic E-state index is 0.0636. The van der Waals surface area contributed by atoms with E-state index in [2.05, 4.69) is 19.9 Å². The molecule has 0 bridgehead atoms. The molecule has 2 aliphatic rings. The summed E-state index contributed by atoms with van der Waals surface area (Å²) in [6.45, 7) is 3.91. The topological polar surface area (TPSA) is 85.3 Å². The Morgan fingerprint density at radius 2 is 2.04 bits per heavy atom. The quantitative estimate of drug-likeness (QED) is 0.700. The SMILES string of the molecule is C[C@H]1COCCN1c1cc(C2(S(=O)(=O)c3ccccn3)CCCC2)nc(Cl)n1. The predicted molar refractivity (Wildman–Crippen MR) is 106 cm³/mol. The molecule has 0 radical (unpaired) electrons. The summed E-state index contributed by atoms with van der Waals surface area (Å²) >= 11 is 6.26. The van der Waals surface area contributed by atoms with Crippen molar-refractivity contribution in [2.75, 3.05) is 24.7 Å². The van der Waals surface area contributed by atoms with E-state index in [1.165, 1.54) is 6.20 Å². The van der Waals surface area contributed by atoms with Gasteiger partial charge in [0.2, 0.25) is 15.1 Å². The molecule has 9 heteroatoms. The highest BCUT2D eigenvalue weighted by molar-refractivity contribution is 7.92. The zero-order valence-electron chi connectivity index (χ0n) is 15.7. The Hall–Kier alpha value is -1.77. The summed E-state index contributed by atoms with van der Waals surface area (Å²) in [6, 6.07) is 6.86. The van der Waals surface area contributed by atoms with Gasteiger partial charge in [0.1, 0.15) is 10.6 Å². The maximum Gasteiger partial charge on any atom is 0.224 e. The molecule has 150 valence electrons. The lowest BCUT2D eigenvalue weighted by Gasteiger charge is -2.35. The van der Waals surface area contributed by atoms with Gasteiger partial charge in [-0.25, -0.2) is 23.4 Å². The third kappa shape index (κ3) is 3.27. The van der Waals surface area contributed by atoms with Crippen LogP contribution >= 0.6 is 11.6 Å². The number of sulfone groups is 1. The average molecular weight is 423 g/mol. The lowest BCUT2D eigenvalue weighted by molar-refractivity contribution is 0.0985. The molecule has 2 aromatic rings. The molecule has 3 heterocycles. The van der Waals surface area contributed by atoms with Gasteiger partial charge in [-0.2, -0.15) is 0 Å². The van der Waals surface area contributed by atoms with Crippen LogP contribution in [0.4, 0.5) is 5.82 Å². The molecule has 1 atom stereocenters.